The Morgan fingerprint density at radius 3 is 2.77 bits per heavy atom. The van der Waals surface area contributed by atoms with Crippen LogP contribution in [0.4, 0.5) is 0 Å². The molecule has 3 heterocycles. The summed E-state index contributed by atoms with van der Waals surface area (Å²) in [4.78, 5) is 7.84. The quantitative estimate of drug-likeness (QED) is 0.837. The molecule has 1 saturated heterocycles. The lowest BCUT2D eigenvalue weighted by atomic mass is 10.2. The van der Waals surface area contributed by atoms with Gasteiger partial charge in [-0.2, -0.15) is 0 Å². The van der Waals surface area contributed by atoms with Gasteiger partial charge in [0.1, 0.15) is 5.76 Å². The third-order valence-electron chi connectivity index (χ3n) is 4.07. The molecule has 0 aromatic carbocycles. The molecule has 0 unspecified atom stereocenters. The number of nitrogens with zero attached hydrogens (tertiary/aromatic N) is 2. The lowest BCUT2D eigenvalue weighted by Gasteiger charge is -2.26. The lowest BCUT2D eigenvalue weighted by molar-refractivity contribution is 0.176. The standard InChI is InChI=1S/C15H20N2O3S2/c1-11-12(2)20-15(16-11)9-17(8-14-4-3-6-21-14)13-5-7-22(18,19)10-13/h3-4,6,13H,5,7-10H2,1-2H3/t13-/m0/s1. The number of sulfone groups is 1. The van der Waals surface area contributed by atoms with Crippen LogP contribution in [0.5, 0.6) is 0 Å². The van der Waals surface area contributed by atoms with Gasteiger partial charge < -0.3 is 4.42 Å². The molecule has 22 heavy (non-hydrogen) atoms. The Bertz CT molecular complexity index is 715. The minimum atomic E-state index is -2.90. The molecule has 0 amide bonds. The molecule has 1 atom stereocenters. The summed E-state index contributed by atoms with van der Waals surface area (Å²) < 4.78 is 29.3. The van der Waals surface area contributed by atoms with E-state index in [9.17, 15) is 8.42 Å². The first-order valence-corrected chi connectivity index (χ1v) is 10.0. The van der Waals surface area contributed by atoms with Crippen molar-refractivity contribution in [2.45, 2.75) is 39.4 Å². The summed E-state index contributed by atoms with van der Waals surface area (Å²) in [6, 6.07) is 4.13. The second-order valence-corrected chi connectivity index (χ2v) is 9.05. The molecule has 0 spiro atoms. The fourth-order valence-electron chi connectivity index (χ4n) is 2.76. The molecule has 0 N–H and O–H groups in total. The highest BCUT2D eigenvalue weighted by atomic mass is 32.2. The summed E-state index contributed by atoms with van der Waals surface area (Å²) in [5.74, 6) is 2.00. The zero-order chi connectivity index (χ0) is 15.7. The second kappa shape index (κ2) is 6.14. The maximum Gasteiger partial charge on any atom is 0.208 e. The average molecular weight is 340 g/mol. The summed E-state index contributed by atoms with van der Waals surface area (Å²) >= 11 is 1.69. The van der Waals surface area contributed by atoms with E-state index >= 15 is 0 Å². The molecule has 5 nitrogen and oxygen atoms in total. The molecule has 3 rings (SSSR count). The highest BCUT2D eigenvalue weighted by molar-refractivity contribution is 7.91. The van der Waals surface area contributed by atoms with Crippen molar-refractivity contribution in [3.63, 3.8) is 0 Å². The second-order valence-electron chi connectivity index (χ2n) is 5.79. The van der Waals surface area contributed by atoms with Gasteiger partial charge in [0.25, 0.3) is 0 Å². The Labute approximate surface area is 134 Å². The third-order valence-corrected chi connectivity index (χ3v) is 6.69. The van der Waals surface area contributed by atoms with Crippen molar-refractivity contribution in [2.24, 2.45) is 0 Å². The summed E-state index contributed by atoms with van der Waals surface area (Å²) in [5.41, 5.74) is 0.894. The van der Waals surface area contributed by atoms with Crippen LogP contribution >= 0.6 is 11.3 Å². The van der Waals surface area contributed by atoms with Gasteiger partial charge >= 0.3 is 0 Å². The monoisotopic (exact) mass is 340 g/mol. The summed E-state index contributed by atoms with van der Waals surface area (Å²) in [6.45, 7) is 5.10. The van der Waals surface area contributed by atoms with E-state index in [0.717, 1.165) is 18.0 Å². The number of aromatic nitrogens is 1. The molecule has 1 aliphatic heterocycles. The summed E-state index contributed by atoms with van der Waals surface area (Å²) in [5, 5.41) is 2.04. The van der Waals surface area contributed by atoms with E-state index in [4.69, 9.17) is 4.42 Å². The van der Waals surface area contributed by atoms with Gasteiger partial charge in [-0.25, -0.2) is 13.4 Å². The molecule has 0 saturated carbocycles. The fraction of sp³-hybridized carbons (Fsp3) is 0.533. The Morgan fingerprint density at radius 2 is 2.23 bits per heavy atom. The molecule has 0 aliphatic carbocycles. The zero-order valence-corrected chi connectivity index (χ0v) is 14.4. The number of rotatable bonds is 5. The molecular weight excluding hydrogens is 320 g/mol. The van der Waals surface area contributed by atoms with Crippen LogP contribution in [0.15, 0.2) is 21.9 Å². The van der Waals surface area contributed by atoms with Crippen LogP contribution in [0, 0.1) is 13.8 Å². The topological polar surface area (TPSA) is 63.4 Å². The van der Waals surface area contributed by atoms with Gasteiger partial charge in [-0.15, -0.1) is 11.3 Å². The van der Waals surface area contributed by atoms with Gasteiger partial charge in [-0.3, -0.25) is 4.90 Å². The number of oxazole rings is 1. The molecule has 1 aliphatic rings. The third kappa shape index (κ3) is 3.59. The van der Waals surface area contributed by atoms with E-state index in [1.165, 1.54) is 4.88 Å². The summed E-state index contributed by atoms with van der Waals surface area (Å²) in [6.07, 6.45) is 0.687. The molecule has 120 valence electrons. The smallest absolute Gasteiger partial charge is 0.208 e. The van der Waals surface area contributed by atoms with Crippen molar-refractivity contribution in [2.75, 3.05) is 11.5 Å². The van der Waals surface area contributed by atoms with Gasteiger partial charge in [0.15, 0.2) is 9.84 Å². The lowest BCUT2D eigenvalue weighted by Crippen LogP contribution is -2.35. The van der Waals surface area contributed by atoms with E-state index in [-0.39, 0.29) is 17.5 Å². The first-order chi connectivity index (χ1) is 10.4. The normalized spacial score (nSPS) is 20.8. The predicted molar refractivity (Wildman–Crippen MR) is 86.6 cm³/mol. The maximum absolute atomic E-state index is 11.8. The average Bonchev–Trinajstić information content (AvgIpc) is 3.12. The van der Waals surface area contributed by atoms with E-state index in [2.05, 4.69) is 16.0 Å². The van der Waals surface area contributed by atoms with Crippen LogP contribution in [0.25, 0.3) is 0 Å². The first kappa shape index (κ1) is 15.7. The van der Waals surface area contributed by atoms with Crippen LogP contribution in [0.2, 0.25) is 0 Å². The molecule has 2 aromatic heterocycles. The Morgan fingerprint density at radius 1 is 1.41 bits per heavy atom. The van der Waals surface area contributed by atoms with Gasteiger partial charge in [0, 0.05) is 17.5 Å². The van der Waals surface area contributed by atoms with Crippen molar-refractivity contribution < 1.29 is 12.8 Å². The van der Waals surface area contributed by atoms with E-state index < -0.39 is 9.84 Å². The Balaban J connectivity index is 1.79. The van der Waals surface area contributed by atoms with E-state index in [1.54, 1.807) is 11.3 Å². The van der Waals surface area contributed by atoms with Crippen LogP contribution in [-0.2, 0) is 22.9 Å². The maximum atomic E-state index is 11.8. The number of thiophene rings is 1. The number of hydrogen-bond donors (Lipinski definition) is 0. The van der Waals surface area contributed by atoms with Crippen molar-refractivity contribution >= 4 is 21.2 Å². The SMILES string of the molecule is Cc1nc(CN(Cc2cccs2)[C@H]2CCS(=O)(=O)C2)oc1C. The Kier molecular flexibility index (Phi) is 4.38. The van der Waals surface area contributed by atoms with Crippen molar-refractivity contribution in [1.29, 1.82) is 0 Å². The molecule has 1 fully saturated rings. The van der Waals surface area contributed by atoms with Crippen LogP contribution in [0.3, 0.4) is 0 Å². The van der Waals surface area contributed by atoms with E-state index in [0.29, 0.717) is 18.9 Å². The minimum Gasteiger partial charge on any atom is -0.444 e. The molecule has 2 aromatic rings. The van der Waals surface area contributed by atoms with Crippen molar-refractivity contribution in [3.8, 4) is 0 Å². The van der Waals surface area contributed by atoms with Crippen LogP contribution in [-0.4, -0.2) is 35.8 Å². The first-order valence-electron chi connectivity index (χ1n) is 7.33. The minimum absolute atomic E-state index is 0.0413. The number of aryl methyl sites for hydroxylation is 2. The molecule has 0 bridgehead atoms. The van der Waals surface area contributed by atoms with Gasteiger partial charge in [-0.1, -0.05) is 6.07 Å². The van der Waals surface area contributed by atoms with Crippen LogP contribution in [0.1, 0.15) is 28.6 Å². The Hall–Kier alpha value is -1.18. The highest BCUT2D eigenvalue weighted by Crippen LogP contribution is 2.24. The van der Waals surface area contributed by atoms with Crippen LogP contribution < -0.4 is 0 Å². The summed E-state index contributed by atoms with van der Waals surface area (Å²) in [7, 11) is -2.90. The molecule has 7 heteroatoms. The van der Waals surface area contributed by atoms with E-state index in [1.807, 2.05) is 25.3 Å². The largest absolute Gasteiger partial charge is 0.444 e. The van der Waals surface area contributed by atoms with Gasteiger partial charge in [0.05, 0.1) is 23.7 Å². The molecular formula is C15H20N2O3S2. The number of hydrogen-bond acceptors (Lipinski definition) is 6. The fourth-order valence-corrected chi connectivity index (χ4v) is 5.25. The zero-order valence-electron chi connectivity index (χ0n) is 12.8. The van der Waals surface area contributed by atoms with Crippen molar-refractivity contribution in [3.05, 3.63) is 39.7 Å². The van der Waals surface area contributed by atoms with Gasteiger partial charge in [-0.05, 0) is 31.7 Å². The highest BCUT2D eigenvalue weighted by Gasteiger charge is 2.33. The van der Waals surface area contributed by atoms with Crippen molar-refractivity contribution in [1.82, 2.24) is 9.88 Å². The molecule has 0 radical (unpaired) electrons. The van der Waals surface area contributed by atoms with Gasteiger partial charge in [0.2, 0.25) is 5.89 Å². The predicted octanol–water partition coefficient (Wildman–Crippen LogP) is 2.54.